The first-order chi connectivity index (χ1) is 8.66. The molecule has 1 aromatic carbocycles. The van der Waals surface area contributed by atoms with E-state index in [0.29, 0.717) is 26.2 Å². The maximum Gasteiger partial charge on any atom is 0.236 e. The van der Waals surface area contributed by atoms with Crippen LogP contribution in [0.5, 0.6) is 0 Å². The summed E-state index contributed by atoms with van der Waals surface area (Å²) in [5, 5.41) is 0. The summed E-state index contributed by atoms with van der Waals surface area (Å²) in [4.78, 5) is 15.8. The molecule has 18 heavy (non-hydrogen) atoms. The number of hydrogen-bond acceptors (Lipinski definition) is 3. The number of rotatable bonds is 3. The molecule has 0 saturated carbocycles. The molecule has 0 bridgehead atoms. The number of likely N-dealkylation sites (N-methyl/N-ethyl adjacent to an activating group) is 1. The van der Waals surface area contributed by atoms with E-state index >= 15 is 0 Å². The molecule has 1 atom stereocenters. The average Bonchev–Trinajstić information content (AvgIpc) is 2.39. The van der Waals surface area contributed by atoms with Gasteiger partial charge in [-0.05, 0) is 19.7 Å². The topological polar surface area (TPSA) is 32.8 Å². The molecular weight excluding hydrogens is 228 g/mol. The van der Waals surface area contributed by atoms with E-state index < -0.39 is 0 Å². The minimum atomic E-state index is 0.00561. The van der Waals surface area contributed by atoms with E-state index in [1.165, 1.54) is 0 Å². The molecule has 98 valence electrons. The van der Waals surface area contributed by atoms with Crippen LogP contribution in [0.15, 0.2) is 30.3 Å². The maximum absolute atomic E-state index is 12.0. The zero-order valence-electron chi connectivity index (χ0n) is 11.0. The van der Waals surface area contributed by atoms with E-state index in [0.717, 1.165) is 5.56 Å². The first kappa shape index (κ1) is 13.1. The van der Waals surface area contributed by atoms with Crippen molar-refractivity contribution in [3.05, 3.63) is 35.9 Å². The maximum atomic E-state index is 12.0. The fraction of sp³-hybridized carbons (Fsp3) is 0.500. The van der Waals surface area contributed by atoms with Gasteiger partial charge in [-0.1, -0.05) is 30.3 Å². The number of hydrogen-bond donors (Lipinski definition) is 0. The zero-order chi connectivity index (χ0) is 13.0. The second kappa shape index (κ2) is 5.98. The first-order valence-electron chi connectivity index (χ1n) is 6.26. The number of ether oxygens (including phenoxy) is 1. The minimum Gasteiger partial charge on any atom is -0.370 e. The summed E-state index contributed by atoms with van der Waals surface area (Å²) in [7, 11) is 3.82. The van der Waals surface area contributed by atoms with Crippen LogP contribution < -0.4 is 0 Å². The Kier molecular flexibility index (Phi) is 4.33. The Balaban J connectivity index is 1.98. The van der Waals surface area contributed by atoms with Gasteiger partial charge in [0, 0.05) is 6.54 Å². The summed E-state index contributed by atoms with van der Waals surface area (Å²) in [5.74, 6) is 0.171. The lowest BCUT2D eigenvalue weighted by Crippen LogP contribution is -2.45. The highest BCUT2D eigenvalue weighted by Crippen LogP contribution is 2.21. The number of benzene rings is 1. The minimum absolute atomic E-state index is 0.00561. The Morgan fingerprint density at radius 2 is 2.11 bits per heavy atom. The van der Waals surface area contributed by atoms with Crippen LogP contribution in [0.2, 0.25) is 0 Å². The lowest BCUT2D eigenvalue weighted by atomic mass is 10.1. The van der Waals surface area contributed by atoms with E-state index in [1.54, 1.807) is 0 Å². The molecule has 4 heteroatoms. The highest BCUT2D eigenvalue weighted by Gasteiger charge is 2.25. The number of nitrogens with zero attached hydrogens (tertiary/aromatic N) is 2. The smallest absolute Gasteiger partial charge is 0.236 e. The number of amides is 1. The first-order valence-corrected chi connectivity index (χ1v) is 6.26. The van der Waals surface area contributed by atoms with E-state index in [-0.39, 0.29) is 12.0 Å². The van der Waals surface area contributed by atoms with Gasteiger partial charge in [-0.3, -0.25) is 4.79 Å². The van der Waals surface area contributed by atoms with Crippen LogP contribution in [0, 0.1) is 0 Å². The second-order valence-corrected chi connectivity index (χ2v) is 4.85. The van der Waals surface area contributed by atoms with Crippen molar-refractivity contribution < 1.29 is 9.53 Å². The van der Waals surface area contributed by atoms with Crippen molar-refractivity contribution in [3.63, 3.8) is 0 Å². The molecule has 1 fully saturated rings. The molecule has 0 aromatic heterocycles. The van der Waals surface area contributed by atoms with Crippen LogP contribution in [-0.4, -0.2) is 56.0 Å². The van der Waals surface area contributed by atoms with Gasteiger partial charge in [0.1, 0.15) is 6.10 Å². The second-order valence-electron chi connectivity index (χ2n) is 4.85. The van der Waals surface area contributed by atoms with Crippen LogP contribution in [0.4, 0.5) is 0 Å². The summed E-state index contributed by atoms with van der Waals surface area (Å²) in [6.07, 6.45) is 0.00561. The van der Waals surface area contributed by atoms with E-state index in [1.807, 2.05) is 54.2 Å². The normalized spacial score (nSPS) is 20.2. The summed E-state index contributed by atoms with van der Waals surface area (Å²) in [6, 6.07) is 10.1. The zero-order valence-corrected chi connectivity index (χ0v) is 11.0. The Hall–Kier alpha value is -1.39. The van der Waals surface area contributed by atoms with E-state index in [9.17, 15) is 4.79 Å². The van der Waals surface area contributed by atoms with Crippen LogP contribution in [0.1, 0.15) is 11.7 Å². The van der Waals surface area contributed by atoms with Crippen molar-refractivity contribution >= 4 is 5.91 Å². The van der Waals surface area contributed by atoms with Gasteiger partial charge in [-0.15, -0.1) is 0 Å². The van der Waals surface area contributed by atoms with Crippen molar-refractivity contribution in [1.82, 2.24) is 9.80 Å². The number of morpholine rings is 1. The predicted octanol–water partition coefficient (Wildman–Crippen LogP) is 1.15. The number of carbonyl (C=O) groups excluding carboxylic acids is 1. The lowest BCUT2D eigenvalue weighted by Gasteiger charge is -2.33. The Morgan fingerprint density at radius 1 is 1.39 bits per heavy atom. The Labute approximate surface area is 108 Å². The van der Waals surface area contributed by atoms with Crippen molar-refractivity contribution in [2.75, 3.05) is 40.3 Å². The molecule has 1 aromatic rings. The van der Waals surface area contributed by atoms with Gasteiger partial charge in [0.2, 0.25) is 5.91 Å². The average molecular weight is 248 g/mol. The third kappa shape index (κ3) is 3.31. The summed E-state index contributed by atoms with van der Waals surface area (Å²) in [6.45, 7) is 2.41. The molecule has 2 rings (SSSR count). The fourth-order valence-electron chi connectivity index (χ4n) is 2.12. The summed E-state index contributed by atoms with van der Waals surface area (Å²) >= 11 is 0. The van der Waals surface area contributed by atoms with Crippen LogP contribution >= 0.6 is 0 Å². The predicted molar refractivity (Wildman–Crippen MR) is 70.3 cm³/mol. The molecule has 4 nitrogen and oxygen atoms in total. The van der Waals surface area contributed by atoms with Gasteiger partial charge in [0.25, 0.3) is 0 Å². The molecule has 1 heterocycles. The highest BCUT2D eigenvalue weighted by molar-refractivity contribution is 5.78. The molecule has 1 saturated heterocycles. The van der Waals surface area contributed by atoms with Gasteiger partial charge in [0.15, 0.2) is 0 Å². The Bertz CT molecular complexity index is 392. The molecule has 0 radical (unpaired) electrons. The molecule has 0 spiro atoms. The van der Waals surface area contributed by atoms with Gasteiger partial charge in [-0.25, -0.2) is 0 Å². The fourth-order valence-corrected chi connectivity index (χ4v) is 2.12. The Morgan fingerprint density at radius 3 is 2.78 bits per heavy atom. The summed E-state index contributed by atoms with van der Waals surface area (Å²) < 4.78 is 5.74. The molecule has 1 amide bonds. The third-order valence-corrected chi connectivity index (χ3v) is 3.04. The van der Waals surface area contributed by atoms with Crippen LogP contribution in [-0.2, 0) is 9.53 Å². The molecule has 0 aliphatic carbocycles. The van der Waals surface area contributed by atoms with Gasteiger partial charge < -0.3 is 14.5 Å². The van der Waals surface area contributed by atoms with Crippen LogP contribution in [0.25, 0.3) is 0 Å². The highest BCUT2D eigenvalue weighted by atomic mass is 16.5. The van der Waals surface area contributed by atoms with Crippen LogP contribution in [0.3, 0.4) is 0 Å². The summed E-state index contributed by atoms with van der Waals surface area (Å²) in [5.41, 5.74) is 1.14. The van der Waals surface area contributed by atoms with Gasteiger partial charge in [-0.2, -0.15) is 0 Å². The molecule has 1 aliphatic heterocycles. The molecule has 0 N–H and O–H groups in total. The quantitative estimate of drug-likeness (QED) is 0.804. The van der Waals surface area contributed by atoms with E-state index in [2.05, 4.69) is 0 Å². The van der Waals surface area contributed by atoms with E-state index in [4.69, 9.17) is 4.74 Å². The van der Waals surface area contributed by atoms with Crippen molar-refractivity contribution in [3.8, 4) is 0 Å². The standard InChI is InChI=1S/C14H20N2O2/c1-15(2)11-14(17)16-8-9-18-13(10-16)12-6-4-3-5-7-12/h3-7,13H,8-11H2,1-2H3/t13-/m0/s1. The SMILES string of the molecule is CN(C)CC(=O)N1CCO[C@H](c2ccccc2)C1. The van der Waals surface area contributed by atoms with Gasteiger partial charge >= 0.3 is 0 Å². The van der Waals surface area contributed by atoms with Gasteiger partial charge in [0.05, 0.1) is 19.7 Å². The lowest BCUT2D eigenvalue weighted by molar-refractivity contribution is -0.139. The van der Waals surface area contributed by atoms with Crippen molar-refractivity contribution in [2.45, 2.75) is 6.10 Å². The third-order valence-electron chi connectivity index (χ3n) is 3.04. The monoisotopic (exact) mass is 248 g/mol. The van der Waals surface area contributed by atoms with Crippen molar-refractivity contribution in [1.29, 1.82) is 0 Å². The molecular formula is C14H20N2O2. The molecule has 1 aliphatic rings. The molecule has 0 unspecified atom stereocenters. The van der Waals surface area contributed by atoms with Crippen molar-refractivity contribution in [2.24, 2.45) is 0 Å². The largest absolute Gasteiger partial charge is 0.370 e. The number of carbonyl (C=O) groups is 1.